The first-order chi connectivity index (χ1) is 13.8. The van der Waals surface area contributed by atoms with E-state index in [1.54, 1.807) is 24.3 Å². The van der Waals surface area contributed by atoms with E-state index in [1.165, 1.54) is 38.3 Å². The molecule has 0 aliphatic carbocycles. The normalized spacial score (nSPS) is 11.1. The third-order valence-electron chi connectivity index (χ3n) is 3.84. The maximum atomic E-state index is 12.2. The molecular weight excluding hydrogens is 378 g/mol. The standard InChI is InChI=1S/C20H21N3O6/c1-12(24)29-16-9-3-13(4-10-16)11-17(19(26)28-2)23-20(27)22-15-7-5-14(6-8-15)18(21)25/h3-10,17H,11H2,1-2H3,(H2,21,25)(H2,22,23,27). The van der Waals surface area contributed by atoms with Crippen molar-refractivity contribution in [2.75, 3.05) is 12.4 Å². The number of ether oxygens (including phenoxy) is 2. The molecule has 0 aromatic heterocycles. The minimum Gasteiger partial charge on any atom is -0.467 e. The van der Waals surface area contributed by atoms with E-state index in [4.69, 9.17) is 15.2 Å². The number of carbonyl (C=O) groups is 4. The van der Waals surface area contributed by atoms with E-state index in [0.717, 1.165) is 5.56 Å². The number of rotatable bonds is 7. The molecule has 152 valence electrons. The second kappa shape index (κ2) is 9.88. The summed E-state index contributed by atoms with van der Waals surface area (Å²) in [5.74, 6) is -1.26. The first-order valence-corrected chi connectivity index (χ1v) is 8.61. The Kier molecular flexibility index (Phi) is 7.30. The van der Waals surface area contributed by atoms with Crippen LogP contribution in [0.4, 0.5) is 10.5 Å². The van der Waals surface area contributed by atoms with Crippen LogP contribution in [0.2, 0.25) is 0 Å². The van der Waals surface area contributed by atoms with Gasteiger partial charge in [-0.05, 0) is 42.0 Å². The highest BCUT2D eigenvalue weighted by Gasteiger charge is 2.22. The Hall–Kier alpha value is -3.88. The Balaban J connectivity index is 2.02. The minimum atomic E-state index is -0.940. The molecule has 9 nitrogen and oxygen atoms in total. The van der Waals surface area contributed by atoms with Gasteiger partial charge in [0, 0.05) is 24.6 Å². The molecule has 0 fully saturated rings. The average Bonchev–Trinajstić information content (AvgIpc) is 2.68. The molecule has 3 amide bonds. The molecule has 0 bridgehead atoms. The van der Waals surface area contributed by atoms with E-state index in [-0.39, 0.29) is 6.42 Å². The number of esters is 2. The van der Waals surface area contributed by atoms with E-state index in [0.29, 0.717) is 17.0 Å². The molecule has 2 aromatic rings. The predicted octanol–water partition coefficient (Wildman–Crippen LogP) is 1.62. The van der Waals surface area contributed by atoms with Gasteiger partial charge in [0.15, 0.2) is 0 Å². The first kappa shape index (κ1) is 21.4. The average molecular weight is 399 g/mol. The number of methoxy groups -OCH3 is 1. The number of hydrogen-bond donors (Lipinski definition) is 3. The number of carbonyl (C=O) groups excluding carboxylic acids is 4. The molecule has 0 saturated carbocycles. The Morgan fingerprint density at radius 1 is 1.00 bits per heavy atom. The lowest BCUT2D eigenvalue weighted by atomic mass is 10.1. The highest BCUT2D eigenvalue weighted by Crippen LogP contribution is 2.14. The second-order valence-corrected chi connectivity index (χ2v) is 6.06. The van der Waals surface area contributed by atoms with Gasteiger partial charge in [0.25, 0.3) is 0 Å². The summed E-state index contributed by atoms with van der Waals surface area (Å²) in [5, 5.41) is 5.11. The first-order valence-electron chi connectivity index (χ1n) is 8.61. The monoisotopic (exact) mass is 399 g/mol. The van der Waals surface area contributed by atoms with Gasteiger partial charge in [-0.3, -0.25) is 9.59 Å². The van der Waals surface area contributed by atoms with Gasteiger partial charge in [0.2, 0.25) is 5.91 Å². The SMILES string of the molecule is COC(=O)C(Cc1ccc(OC(C)=O)cc1)NC(=O)Nc1ccc(C(N)=O)cc1. The number of hydrogen-bond acceptors (Lipinski definition) is 6. The summed E-state index contributed by atoms with van der Waals surface area (Å²) in [6, 6.07) is 10.9. The van der Waals surface area contributed by atoms with Crippen molar-refractivity contribution in [1.29, 1.82) is 0 Å². The van der Waals surface area contributed by atoms with Crippen LogP contribution in [0.25, 0.3) is 0 Å². The van der Waals surface area contributed by atoms with Crippen molar-refractivity contribution in [2.24, 2.45) is 5.73 Å². The Bertz CT molecular complexity index is 893. The van der Waals surface area contributed by atoms with Crippen molar-refractivity contribution in [3.63, 3.8) is 0 Å². The molecule has 0 aliphatic heterocycles. The summed E-state index contributed by atoms with van der Waals surface area (Å²) in [5.41, 5.74) is 6.62. The van der Waals surface area contributed by atoms with Gasteiger partial charge < -0.3 is 25.8 Å². The number of nitrogens with two attached hydrogens (primary N) is 1. The number of anilines is 1. The number of amides is 3. The minimum absolute atomic E-state index is 0.168. The van der Waals surface area contributed by atoms with Gasteiger partial charge in [-0.2, -0.15) is 0 Å². The van der Waals surface area contributed by atoms with E-state index < -0.39 is 29.9 Å². The highest BCUT2D eigenvalue weighted by molar-refractivity contribution is 5.95. The van der Waals surface area contributed by atoms with Crippen molar-refractivity contribution in [2.45, 2.75) is 19.4 Å². The zero-order valence-electron chi connectivity index (χ0n) is 15.9. The maximum absolute atomic E-state index is 12.2. The van der Waals surface area contributed by atoms with Gasteiger partial charge in [-0.1, -0.05) is 12.1 Å². The summed E-state index contributed by atoms with van der Waals surface area (Å²) in [6.07, 6.45) is 0.168. The van der Waals surface area contributed by atoms with Crippen LogP contribution in [0.3, 0.4) is 0 Å². The van der Waals surface area contributed by atoms with Gasteiger partial charge in [0.1, 0.15) is 11.8 Å². The summed E-state index contributed by atoms with van der Waals surface area (Å²) in [6.45, 7) is 1.30. The molecular formula is C20H21N3O6. The van der Waals surface area contributed by atoms with Gasteiger partial charge in [0.05, 0.1) is 7.11 Å². The summed E-state index contributed by atoms with van der Waals surface area (Å²) >= 11 is 0. The van der Waals surface area contributed by atoms with Crippen LogP contribution in [-0.2, 0) is 20.7 Å². The van der Waals surface area contributed by atoms with Crippen LogP contribution in [0.5, 0.6) is 5.75 Å². The lowest BCUT2D eigenvalue weighted by Gasteiger charge is -2.17. The smallest absolute Gasteiger partial charge is 0.328 e. The summed E-state index contributed by atoms with van der Waals surface area (Å²) < 4.78 is 9.71. The van der Waals surface area contributed by atoms with Gasteiger partial charge in [-0.15, -0.1) is 0 Å². The molecule has 1 unspecified atom stereocenters. The largest absolute Gasteiger partial charge is 0.467 e. The fourth-order valence-corrected chi connectivity index (χ4v) is 2.47. The van der Waals surface area contributed by atoms with Crippen molar-refractivity contribution in [1.82, 2.24) is 5.32 Å². The number of primary amides is 1. The second-order valence-electron chi connectivity index (χ2n) is 6.06. The van der Waals surface area contributed by atoms with Gasteiger partial charge >= 0.3 is 18.0 Å². The number of nitrogens with one attached hydrogen (secondary N) is 2. The van der Waals surface area contributed by atoms with Crippen LogP contribution < -0.4 is 21.1 Å². The van der Waals surface area contributed by atoms with Gasteiger partial charge in [-0.25, -0.2) is 9.59 Å². The predicted molar refractivity (Wildman–Crippen MR) is 104 cm³/mol. The third kappa shape index (κ3) is 6.65. The molecule has 29 heavy (non-hydrogen) atoms. The van der Waals surface area contributed by atoms with E-state index in [1.807, 2.05) is 0 Å². The Morgan fingerprint density at radius 2 is 1.62 bits per heavy atom. The Labute approximate surface area is 167 Å². The topological polar surface area (TPSA) is 137 Å². The molecule has 0 saturated heterocycles. The van der Waals surface area contributed by atoms with Crippen LogP contribution in [-0.4, -0.2) is 37.0 Å². The molecule has 0 radical (unpaired) electrons. The van der Waals surface area contributed by atoms with Crippen LogP contribution >= 0.6 is 0 Å². The van der Waals surface area contributed by atoms with E-state index in [9.17, 15) is 19.2 Å². The highest BCUT2D eigenvalue weighted by atomic mass is 16.5. The fraction of sp³-hybridized carbons (Fsp3) is 0.200. The van der Waals surface area contributed by atoms with Crippen LogP contribution in [0.1, 0.15) is 22.8 Å². The fourth-order valence-electron chi connectivity index (χ4n) is 2.47. The van der Waals surface area contributed by atoms with Crippen molar-refractivity contribution < 1.29 is 28.7 Å². The van der Waals surface area contributed by atoms with E-state index in [2.05, 4.69) is 10.6 Å². The maximum Gasteiger partial charge on any atom is 0.328 e. The summed E-state index contributed by atoms with van der Waals surface area (Å²) in [7, 11) is 1.22. The molecule has 0 aliphatic rings. The van der Waals surface area contributed by atoms with Crippen LogP contribution in [0.15, 0.2) is 48.5 Å². The van der Waals surface area contributed by atoms with Crippen molar-refractivity contribution in [3.05, 3.63) is 59.7 Å². The zero-order valence-corrected chi connectivity index (χ0v) is 15.9. The van der Waals surface area contributed by atoms with Crippen molar-refractivity contribution in [3.8, 4) is 5.75 Å². The molecule has 2 aromatic carbocycles. The van der Waals surface area contributed by atoms with Crippen molar-refractivity contribution >= 4 is 29.6 Å². The number of benzene rings is 2. The molecule has 0 spiro atoms. The molecule has 4 N–H and O–H groups in total. The van der Waals surface area contributed by atoms with E-state index >= 15 is 0 Å². The molecule has 2 rings (SSSR count). The third-order valence-corrected chi connectivity index (χ3v) is 3.84. The lowest BCUT2D eigenvalue weighted by Crippen LogP contribution is -2.45. The molecule has 9 heteroatoms. The molecule has 0 heterocycles. The number of urea groups is 1. The summed E-state index contributed by atoms with van der Waals surface area (Å²) in [4.78, 5) is 46.3. The van der Waals surface area contributed by atoms with Crippen LogP contribution in [0, 0.1) is 0 Å². The Morgan fingerprint density at radius 3 is 2.14 bits per heavy atom. The molecule has 1 atom stereocenters. The lowest BCUT2D eigenvalue weighted by molar-refractivity contribution is -0.142. The quantitative estimate of drug-likeness (QED) is 0.478. The zero-order chi connectivity index (χ0) is 21.4.